The monoisotopic (exact) mass is 438 g/mol. The highest BCUT2D eigenvalue weighted by Crippen LogP contribution is 2.36. The fraction of sp³-hybridized carbons (Fsp3) is 0.400. The molecule has 2 heterocycles. The Bertz CT molecular complexity index is 1150. The number of rotatable bonds is 7. The standard InChI is InChI=1S/C25H30N2O5/c1-17-18-9-10-22(30-3)24(31-4)23(18)32-25(28)19(17)11-12-26-13-15-27(16-14-26)20-7-5-6-8-21(20)29-2/h5-10H,11-16H2,1-4H3. The summed E-state index contributed by atoms with van der Waals surface area (Å²) in [5.41, 5.74) is 2.91. The van der Waals surface area contributed by atoms with Crippen LogP contribution in [0.1, 0.15) is 11.1 Å². The van der Waals surface area contributed by atoms with E-state index in [1.54, 1.807) is 21.3 Å². The molecule has 1 aromatic heterocycles. The van der Waals surface area contributed by atoms with E-state index in [4.69, 9.17) is 18.6 Å². The Balaban J connectivity index is 1.47. The zero-order valence-corrected chi connectivity index (χ0v) is 19.1. The maximum atomic E-state index is 12.8. The molecule has 1 fully saturated rings. The van der Waals surface area contributed by atoms with Gasteiger partial charge in [0.1, 0.15) is 5.75 Å². The van der Waals surface area contributed by atoms with Crippen molar-refractivity contribution >= 4 is 16.7 Å². The first-order chi connectivity index (χ1) is 15.6. The molecule has 0 aliphatic carbocycles. The number of methoxy groups -OCH3 is 3. The fourth-order valence-corrected chi connectivity index (χ4v) is 4.43. The van der Waals surface area contributed by atoms with Crippen molar-refractivity contribution in [1.29, 1.82) is 0 Å². The number of nitrogens with zero attached hydrogens (tertiary/aromatic N) is 2. The lowest BCUT2D eigenvalue weighted by Crippen LogP contribution is -2.47. The van der Waals surface area contributed by atoms with E-state index in [1.807, 2.05) is 37.3 Å². The Morgan fingerprint density at radius 3 is 2.31 bits per heavy atom. The van der Waals surface area contributed by atoms with E-state index in [-0.39, 0.29) is 5.63 Å². The molecule has 0 amide bonds. The number of aryl methyl sites for hydroxylation is 1. The topological polar surface area (TPSA) is 64.4 Å². The first kappa shape index (κ1) is 22.0. The van der Waals surface area contributed by atoms with Crippen molar-refractivity contribution in [3.63, 3.8) is 0 Å². The third-order valence-corrected chi connectivity index (χ3v) is 6.27. The lowest BCUT2D eigenvalue weighted by atomic mass is 10.0. The van der Waals surface area contributed by atoms with Crippen molar-refractivity contribution in [2.24, 2.45) is 0 Å². The summed E-state index contributed by atoms with van der Waals surface area (Å²) < 4.78 is 22.0. The normalized spacial score (nSPS) is 14.6. The number of fused-ring (bicyclic) bond motifs is 1. The second-order valence-corrected chi connectivity index (χ2v) is 7.92. The van der Waals surface area contributed by atoms with Gasteiger partial charge < -0.3 is 23.5 Å². The first-order valence-corrected chi connectivity index (χ1v) is 10.8. The minimum absolute atomic E-state index is 0.311. The molecule has 7 heteroatoms. The molecule has 4 rings (SSSR count). The van der Waals surface area contributed by atoms with Crippen molar-refractivity contribution in [1.82, 2.24) is 4.90 Å². The summed E-state index contributed by atoms with van der Waals surface area (Å²) in [4.78, 5) is 17.5. The fourth-order valence-electron chi connectivity index (χ4n) is 4.43. The van der Waals surface area contributed by atoms with Crippen molar-refractivity contribution < 1.29 is 18.6 Å². The molecule has 0 spiro atoms. The van der Waals surface area contributed by atoms with Crippen LogP contribution < -0.4 is 24.7 Å². The highest BCUT2D eigenvalue weighted by atomic mass is 16.5. The van der Waals surface area contributed by atoms with Gasteiger partial charge in [-0.3, -0.25) is 4.90 Å². The lowest BCUT2D eigenvalue weighted by molar-refractivity contribution is 0.259. The summed E-state index contributed by atoms with van der Waals surface area (Å²) in [7, 11) is 4.82. The smallest absolute Gasteiger partial charge is 0.339 e. The molecule has 3 aromatic rings. The van der Waals surface area contributed by atoms with Gasteiger partial charge >= 0.3 is 5.63 Å². The summed E-state index contributed by atoms with van der Waals surface area (Å²) in [6, 6.07) is 11.9. The first-order valence-electron chi connectivity index (χ1n) is 10.8. The van der Waals surface area contributed by atoms with Crippen molar-refractivity contribution in [2.45, 2.75) is 13.3 Å². The molecule has 0 unspecified atom stereocenters. The molecule has 7 nitrogen and oxygen atoms in total. The van der Waals surface area contributed by atoms with Gasteiger partial charge in [-0.25, -0.2) is 4.79 Å². The molecule has 0 saturated carbocycles. The van der Waals surface area contributed by atoms with Crippen LogP contribution in [0.2, 0.25) is 0 Å². The van der Waals surface area contributed by atoms with Gasteiger partial charge in [-0.15, -0.1) is 0 Å². The average molecular weight is 439 g/mol. The van der Waals surface area contributed by atoms with E-state index in [2.05, 4.69) is 15.9 Å². The summed E-state index contributed by atoms with van der Waals surface area (Å²) in [6.45, 7) is 6.48. The maximum absolute atomic E-state index is 12.8. The molecule has 170 valence electrons. The largest absolute Gasteiger partial charge is 0.495 e. The van der Waals surface area contributed by atoms with Gasteiger partial charge in [0.25, 0.3) is 0 Å². The van der Waals surface area contributed by atoms with Crippen LogP contribution in [0.25, 0.3) is 11.0 Å². The van der Waals surface area contributed by atoms with Crippen LogP contribution in [-0.4, -0.2) is 59.0 Å². The summed E-state index contributed by atoms with van der Waals surface area (Å²) in [6.07, 6.45) is 0.646. The lowest BCUT2D eigenvalue weighted by Gasteiger charge is -2.36. The third kappa shape index (κ3) is 4.12. The Morgan fingerprint density at radius 1 is 0.906 bits per heavy atom. The van der Waals surface area contributed by atoms with Gasteiger partial charge in [-0.05, 0) is 43.2 Å². The van der Waals surface area contributed by atoms with E-state index < -0.39 is 0 Å². The highest BCUT2D eigenvalue weighted by Gasteiger charge is 2.21. The highest BCUT2D eigenvalue weighted by molar-refractivity contribution is 5.88. The zero-order valence-electron chi connectivity index (χ0n) is 19.1. The van der Waals surface area contributed by atoms with Crippen molar-refractivity contribution in [3.05, 3.63) is 57.9 Å². The summed E-state index contributed by atoms with van der Waals surface area (Å²) in [5, 5.41) is 0.873. The van der Waals surface area contributed by atoms with E-state index >= 15 is 0 Å². The van der Waals surface area contributed by atoms with Gasteiger partial charge in [0, 0.05) is 43.7 Å². The number of para-hydroxylation sites is 2. The Labute approximate surface area is 188 Å². The van der Waals surface area contributed by atoms with Gasteiger partial charge in [0.2, 0.25) is 5.75 Å². The molecule has 0 N–H and O–H groups in total. The number of ether oxygens (including phenoxy) is 3. The number of benzene rings is 2. The minimum Gasteiger partial charge on any atom is -0.495 e. The quantitative estimate of drug-likeness (QED) is 0.523. The average Bonchev–Trinajstić information content (AvgIpc) is 2.83. The van der Waals surface area contributed by atoms with Crippen molar-refractivity contribution in [2.75, 3.05) is 59.0 Å². The molecule has 1 saturated heterocycles. The van der Waals surface area contributed by atoms with Crippen LogP contribution in [-0.2, 0) is 6.42 Å². The molecule has 2 aromatic carbocycles. The van der Waals surface area contributed by atoms with Crippen LogP contribution in [0.5, 0.6) is 17.2 Å². The molecular formula is C25H30N2O5. The van der Waals surface area contributed by atoms with Crippen LogP contribution >= 0.6 is 0 Å². The van der Waals surface area contributed by atoms with Gasteiger partial charge in [-0.1, -0.05) is 12.1 Å². The predicted molar refractivity (Wildman–Crippen MR) is 126 cm³/mol. The van der Waals surface area contributed by atoms with Crippen LogP contribution in [0.4, 0.5) is 5.69 Å². The van der Waals surface area contributed by atoms with Gasteiger partial charge in [-0.2, -0.15) is 0 Å². The SMILES string of the molecule is COc1ccccc1N1CCN(CCc2c(C)c3ccc(OC)c(OC)c3oc2=O)CC1. The second-order valence-electron chi connectivity index (χ2n) is 7.92. The number of hydrogen-bond donors (Lipinski definition) is 0. The molecule has 1 aliphatic rings. The molecular weight excluding hydrogens is 408 g/mol. The second kappa shape index (κ2) is 9.53. The molecule has 0 atom stereocenters. The van der Waals surface area contributed by atoms with Crippen LogP contribution in [0, 0.1) is 6.92 Å². The third-order valence-electron chi connectivity index (χ3n) is 6.27. The minimum atomic E-state index is -0.311. The van der Waals surface area contributed by atoms with E-state index in [0.29, 0.717) is 23.5 Å². The molecule has 0 radical (unpaired) electrons. The number of hydrogen-bond acceptors (Lipinski definition) is 7. The predicted octanol–water partition coefficient (Wildman–Crippen LogP) is 3.49. The van der Waals surface area contributed by atoms with E-state index in [9.17, 15) is 4.79 Å². The summed E-state index contributed by atoms with van der Waals surface area (Å²) in [5.74, 6) is 1.89. The van der Waals surface area contributed by atoms with Crippen LogP contribution in [0.15, 0.2) is 45.6 Å². The Hall–Kier alpha value is -3.19. The van der Waals surface area contributed by atoms with Gasteiger partial charge in [0.05, 0.1) is 27.0 Å². The van der Waals surface area contributed by atoms with Crippen LogP contribution in [0.3, 0.4) is 0 Å². The molecule has 32 heavy (non-hydrogen) atoms. The number of piperazine rings is 1. The molecule has 0 bridgehead atoms. The zero-order chi connectivity index (χ0) is 22.7. The molecule has 1 aliphatic heterocycles. The van der Waals surface area contributed by atoms with E-state index in [1.165, 1.54) is 0 Å². The van der Waals surface area contributed by atoms with Gasteiger partial charge in [0.15, 0.2) is 11.3 Å². The Morgan fingerprint density at radius 2 is 1.62 bits per heavy atom. The van der Waals surface area contributed by atoms with Crippen molar-refractivity contribution in [3.8, 4) is 17.2 Å². The Kier molecular flexibility index (Phi) is 6.55. The number of anilines is 1. The summed E-state index contributed by atoms with van der Waals surface area (Å²) >= 11 is 0. The maximum Gasteiger partial charge on any atom is 0.339 e. The van der Waals surface area contributed by atoms with E-state index in [0.717, 1.165) is 60.7 Å².